The summed E-state index contributed by atoms with van der Waals surface area (Å²) in [7, 11) is 0. The molecule has 1 nitrogen and oxygen atoms in total. The fourth-order valence-corrected chi connectivity index (χ4v) is 3.60. The summed E-state index contributed by atoms with van der Waals surface area (Å²) < 4.78 is 13.3. The van der Waals surface area contributed by atoms with E-state index in [-0.39, 0.29) is 16.8 Å². The van der Waals surface area contributed by atoms with Crippen LogP contribution in [-0.4, -0.2) is 12.1 Å². The van der Waals surface area contributed by atoms with E-state index in [1.807, 2.05) is 6.07 Å². The third-order valence-electron chi connectivity index (χ3n) is 4.71. The van der Waals surface area contributed by atoms with Gasteiger partial charge in [-0.3, -0.25) is 0 Å². The quantitative estimate of drug-likeness (QED) is 0.808. The maximum atomic E-state index is 13.3. The molecule has 0 aliphatic heterocycles. The molecule has 2 rings (SSSR count). The average Bonchev–Trinajstić information content (AvgIpc) is 2.27. The van der Waals surface area contributed by atoms with Crippen LogP contribution in [0.2, 0.25) is 5.02 Å². The van der Waals surface area contributed by atoms with Crippen molar-refractivity contribution in [2.45, 2.75) is 58.4 Å². The van der Waals surface area contributed by atoms with Crippen molar-refractivity contribution in [2.24, 2.45) is 11.8 Å². The molecule has 0 bridgehead atoms. The molecule has 0 aromatic heterocycles. The van der Waals surface area contributed by atoms with Crippen LogP contribution in [0.5, 0.6) is 0 Å². The molecule has 0 atom stereocenters. The summed E-state index contributed by atoms with van der Waals surface area (Å²) in [4.78, 5) is 0. The molecule has 1 aromatic carbocycles. The van der Waals surface area contributed by atoms with Gasteiger partial charge in [0.05, 0.1) is 0 Å². The minimum absolute atomic E-state index is 0.0486. The van der Waals surface area contributed by atoms with Crippen molar-refractivity contribution < 1.29 is 4.39 Å². The molecule has 118 valence electrons. The van der Waals surface area contributed by atoms with Crippen molar-refractivity contribution in [3.8, 4) is 0 Å². The summed E-state index contributed by atoms with van der Waals surface area (Å²) >= 11 is 6.34. The number of hydrogen-bond donors (Lipinski definition) is 1. The predicted octanol–water partition coefficient (Wildman–Crippen LogP) is 5.17. The Balaban J connectivity index is 2.25. The largest absolute Gasteiger partial charge is 0.311 e. The lowest BCUT2D eigenvalue weighted by molar-refractivity contribution is 0.0912. The van der Waals surface area contributed by atoms with Crippen LogP contribution in [0.1, 0.15) is 53.0 Å². The van der Waals surface area contributed by atoms with E-state index in [1.54, 1.807) is 0 Å². The van der Waals surface area contributed by atoms with Gasteiger partial charge in [0.1, 0.15) is 5.82 Å². The number of halogens is 2. The number of rotatable bonds is 4. The van der Waals surface area contributed by atoms with Crippen LogP contribution in [0.4, 0.5) is 4.39 Å². The van der Waals surface area contributed by atoms with Gasteiger partial charge >= 0.3 is 0 Å². The van der Waals surface area contributed by atoms with Gasteiger partial charge in [0.25, 0.3) is 0 Å². The standard InChI is InChI=1S/C18H27ClFN/c1-12(2)13-9-18(10-13,11-21-17(3,4)5)15-7-6-14(20)8-16(15)19/h6-8,12-13,21H,9-11H2,1-5H3. The zero-order valence-electron chi connectivity index (χ0n) is 13.8. The van der Waals surface area contributed by atoms with Crippen molar-refractivity contribution in [1.82, 2.24) is 5.32 Å². The maximum absolute atomic E-state index is 13.3. The Hall–Kier alpha value is -0.600. The Morgan fingerprint density at radius 2 is 1.95 bits per heavy atom. The van der Waals surface area contributed by atoms with Crippen molar-refractivity contribution in [1.29, 1.82) is 0 Å². The van der Waals surface area contributed by atoms with Crippen LogP contribution in [0.15, 0.2) is 18.2 Å². The van der Waals surface area contributed by atoms with Gasteiger partial charge in [-0.1, -0.05) is 31.5 Å². The highest BCUT2D eigenvalue weighted by atomic mass is 35.5. The van der Waals surface area contributed by atoms with Crippen molar-refractivity contribution in [3.63, 3.8) is 0 Å². The molecule has 0 heterocycles. The average molecular weight is 312 g/mol. The second kappa shape index (κ2) is 5.89. The SMILES string of the molecule is CC(C)C1CC(CNC(C)(C)C)(c2ccc(F)cc2Cl)C1. The van der Waals surface area contributed by atoms with Gasteiger partial charge in [-0.15, -0.1) is 0 Å². The molecule has 1 aliphatic rings. The first-order chi connectivity index (χ1) is 9.63. The number of benzene rings is 1. The van der Waals surface area contributed by atoms with Crippen LogP contribution in [-0.2, 0) is 5.41 Å². The van der Waals surface area contributed by atoms with E-state index in [9.17, 15) is 4.39 Å². The molecule has 0 amide bonds. The summed E-state index contributed by atoms with van der Waals surface area (Å²) in [5, 5.41) is 4.17. The molecule has 1 N–H and O–H groups in total. The number of nitrogens with one attached hydrogen (secondary N) is 1. The van der Waals surface area contributed by atoms with Gasteiger partial charge in [0.2, 0.25) is 0 Å². The lowest BCUT2D eigenvalue weighted by Crippen LogP contribution is -2.53. The lowest BCUT2D eigenvalue weighted by atomic mass is 9.55. The van der Waals surface area contributed by atoms with Gasteiger partial charge in [0, 0.05) is 22.5 Å². The normalized spacial score (nSPS) is 26.0. The molecule has 0 spiro atoms. The molecule has 0 radical (unpaired) electrons. The number of hydrogen-bond acceptors (Lipinski definition) is 1. The van der Waals surface area contributed by atoms with Crippen LogP contribution in [0.25, 0.3) is 0 Å². The first-order valence-electron chi connectivity index (χ1n) is 7.83. The highest BCUT2D eigenvalue weighted by Crippen LogP contribution is 2.52. The molecule has 3 heteroatoms. The summed E-state index contributed by atoms with van der Waals surface area (Å²) in [6, 6.07) is 4.85. The van der Waals surface area contributed by atoms with E-state index in [1.165, 1.54) is 12.1 Å². The second-order valence-corrected chi connectivity index (χ2v) is 8.33. The topological polar surface area (TPSA) is 12.0 Å². The Morgan fingerprint density at radius 1 is 1.33 bits per heavy atom. The van der Waals surface area contributed by atoms with E-state index in [0.717, 1.165) is 30.9 Å². The van der Waals surface area contributed by atoms with Gasteiger partial charge in [-0.2, -0.15) is 0 Å². The minimum Gasteiger partial charge on any atom is -0.311 e. The monoisotopic (exact) mass is 311 g/mol. The third kappa shape index (κ3) is 3.78. The minimum atomic E-state index is -0.262. The first-order valence-corrected chi connectivity index (χ1v) is 8.21. The fraction of sp³-hybridized carbons (Fsp3) is 0.667. The second-order valence-electron chi connectivity index (χ2n) is 7.92. The van der Waals surface area contributed by atoms with E-state index in [0.29, 0.717) is 10.9 Å². The molecule has 1 aromatic rings. The van der Waals surface area contributed by atoms with Crippen LogP contribution < -0.4 is 5.32 Å². The van der Waals surface area contributed by atoms with E-state index < -0.39 is 0 Å². The molecule has 1 aliphatic carbocycles. The van der Waals surface area contributed by atoms with Crippen molar-refractivity contribution >= 4 is 11.6 Å². The summed E-state index contributed by atoms with van der Waals surface area (Å²) in [6.07, 6.45) is 2.25. The maximum Gasteiger partial charge on any atom is 0.124 e. The predicted molar refractivity (Wildman–Crippen MR) is 88.4 cm³/mol. The van der Waals surface area contributed by atoms with Crippen LogP contribution in [0, 0.1) is 17.7 Å². The van der Waals surface area contributed by atoms with E-state index in [2.05, 4.69) is 39.9 Å². The Bertz CT molecular complexity index is 498. The Morgan fingerprint density at radius 3 is 2.43 bits per heavy atom. The molecule has 0 unspecified atom stereocenters. The van der Waals surface area contributed by atoms with E-state index >= 15 is 0 Å². The zero-order valence-corrected chi connectivity index (χ0v) is 14.5. The first kappa shape index (κ1) is 16.8. The van der Waals surface area contributed by atoms with Gasteiger partial charge < -0.3 is 5.32 Å². The molecule has 1 fully saturated rings. The molecule has 0 saturated heterocycles. The van der Waals surface area contributed by atoms with Gasteiger partial charge in [0.15, 0.2) is 0 Å². The summed E-state index contributed by atoms with van der Waals surface area (Å²) in [5.74, 6) is 1.15. The van der Waals surface area contributed by atoms with Gasteiger partial charge in [-0.05, 0) is 63.1 Å². The molecular formula is C18H27ClFN. The fourth-order valence-electron chi connectivity index (χ4n) is 3.23. The molecule has 1 saturated carbocycles. The van der Waals surface area contributed by atoms with E-state index in [4.69, 9.17) is 11.6 Å². The smallest absolute Gasteiger partial charge is 0.124 e. The van der Waals surface area contributed by atoms with Crippen molar-refractivity contribution in [2.75, 3.05) is 6.54 Å². The third-order valence-corrected chi connectivity index (χ3v) is 5.02. The van der Waals surface area contributed by atoms with Gasteiger partial charge in [-0.25, -0.2) is 4.39 Å². The Labute approximate surface area is 133 Å². The summed E-state index contributed by atoms with van der Waals surface area (Å²) in [6.45, 7) is 12.0. The van der Waals surface area contributed by atoms with Crippen LogP contribution in [0.3, 0.4) is 0 Å². The molecular weight excluding hydrogens is 285 g/mol. The molecule has 21 heavy (non-hydrogen) atoms. The Kier molecular flexibility index (Phi) is 4.70. The zero-order chi connectivity index (χ0) is 15.8. The highest BCUT2D eigenvalue weighted by Gasteiger charge is 2.47. The summed E-state index contributed by atoms with van der Waals surface area (Å²) in [5.41, 5.74) is 1.22. The highest BCUT2D eigenvalue weighted by molar-refractivity contribution is 6.31. The van der Waals surface area contributed by atoms with Crippen molar-refractivity contribution in [3.05, 3.63) is 34.6 Å². The lowest BCUT2D eigenvalue weighted by Gasteiger charge is -2.51. The van der Waals surface area contributed by atoms with Crippen LogP contribution >= 0.6 is 11.6 Å².